The first kappa shape index (κ1) is 17.0. The molecule has 1 N–H and O–H groups in total. The topological polar surface area (TPSA) is 75.7 Å². The molecule has 0 bridgehead atoms. The molecule has 0 saturated carbocycles. The minimum absolute atomic E-state index is 0.0245. The van der Waals surface area contributed by atoms with Crippen molar-refractivity contribution in [1.29, 1.82) is 0 Å². The van der Waals surface area contributed by atoms with Gasteiger partial charge in [0, 0.05) is 18.7 Å². The van der Waals surface area contributed by atoms with Crippen molar-refractivity contribution in [3.8, 4) is 0 Å². The third-order valence-corrected chi connectivity index (χ3v) is 3.69. The smallest absolute Gasteiger partial charge is 0.326 e. The first-order valence-electron chi connectivity index (χ1n) is 7.84. The lowest BCUT2D eigenvalue weighted by Crippen LogP contribution is -2.36. The van der Waals surface area contributed by atoms with Crippen molar-refractivity contribution in [2.24, 2.45) is 0 Å². The molecule has 6 nitrogen and oxygen atoms in total. The molecule has 1 aliphatic rings. The molecule has 124 valence electrons. The van der Waals surface area contributed by atoms with Crippen molar-refractivity contribution >= 4 is 23.5 Å². The summed E-state index contributed by atoms with van der Waals surface area (Å²) in [5, 5.41) is 2.65. The van der Waals surface area contributed by atoms with Crippen molar-refractivity contribution in [1.82, 2.24) is 4.90 Å². The van der Waals surface area contributed by atoms with Crippen LogP contribution in [0.5, 0.6) is 0 Å². The molecule has 1 saturated heterocycles. The largest absolute Gasteiger partial charge is 0.454 e. The van der Waals surface area contributed by atoms with E-state index in [0.717, 1.165) is 24.8 Å². The van der Waals surface area contributed by atoms with Gasteiger partial charge in [0.05, 0.1) is 0 Å². The van der Waals surface area contributed by atoms with E-state index in [0.29, 0.717) is 18.7 Å². The molecule has 6 heteroatoms. The summed E-state index contributed by atoms with van der Waals surface area (Å²) in [4.78, 5) is 36.8. The van der Waals surface area contributed by atoms with E-state index in [1.807, 2.05) is 19.1 Å². The Labute approximate surface area is 135 Å². The summed E-state index contributed by atoms with van der Waals surface area (Å²) in [5.74, 6) is -0.979. The van der Waals surface area contributed by atoms with Crippen LogP contribution in [0, 0.1) is 6.92 Å². The minimum Gasteiger partial charge on any atom is -0.454 e. The van der Waals surface area contributed by atoms with E-state index in [1.54, 1.807) is 12.1 Å². The quantitative estimate of drug-likeness (QED) is 0.841. The number of amides is 2. The maximum atomic E-state index is 11.8. The van der Waals surface area contributed by atoms with Gasteiger partial charge >= 0.3 is 5.97 Å². The molecule has 1 aliphatic heterocycles. The average molecular weight is 318 g/mol. The van der Waals surface area contributed by atoms with Gasteiger partial charge in [-0.05, 0) is 31.9 Å². The fourth-order valence-electron chi connectivity index (χ4n) is 2.39. The molecule has 0 aliphatic carbocycles. The van der Waals surface area contributed by atoms with Crippen molar-refractivity contribution in [2.75, 3.05) is 25.0 Å². The standard InChI is InChI=1S/C17H22N2O4/c1-13-6-8-14(9-7-13)18-15(20)12-23-17(22)11-19-10-4-2-3-5-16(19)21/h6-9H,2-5,10-12H2,1H3,(H,18,20). The van der Waals surface area contributed by atoms with E-state index in [2.05, 4.69) is 5.32 Å². The van der Waals surface area contributed by atoms with Crippen LogP contribution in [-0.4, -0.2) is 42.4 Å². The third kappa shape index (κ3) is 5.73. The van der Waals surface area contributed by atoms with Crippen LogP contribution in [0.3, 0.4) is 0 Å². The van der Waals surface area contributed by atoms with Gasteiger partial charge in [0.1, 0.15) is 6.54 Å². The second-order valence-corrected chi connectivity index (χ2v) is 5.70. The summed E-state index contributed by atoms with van der Waals surface area (Å²) in [6.07, 6.45) is 3.23. The number of benzene rings is 1. The minimum atomic E-state index is -0.556. The van der Waals surface area contributed by atoms with E-state index in [-0.39, 0.29) is 19.1 Å². The van der Waals surface area contributed by atoms with Crippen LogP contribution in [-0.2, 0) is 19.1 Å². The number of rotatable bonds is 5. The van der Waals surface area contributed by atoms with E-state index < -0.39 is 11.9 Å². The average Bonchev–Trinajstić information content (AvgIpc) is 2.73. The Hall–Kier alpha value is -2.37. The molecular formula is C17H22N2O4. The van der Waals surface area contributed by atoms with Crippen LogP contribution in [0.25, 0.3) is 0 Å². The Morgan fingerprint density at radius 3 is 2.65 bits per heavy atom. The number of carbonyl (C=O) groups is 3. The highest BCUT2D eigenvalue weighted by atomic mass is 16.5. The van der Waals surface area contributed by atoms with Crippen molar-refractivity contribution < 1.29 is 19.1 Å². The number of nitrogens with zero attached hydrogens (tertiary/aromatic N) is 1. The molecule has 0 aromatic heterocycles. The van der Waals surface area contributed by atoms with Gasteiger partial charge in [-0.1, -0.05) is 24.1 Å². The van der Waals surface area contributed by atoms with Crippen LogP contribution >= 0.6 is 0 Å². The summed E-state index contributed by atoms with van der Waals surface area (Å²) in [5.41, 5.74) is 1.75. The van der Waals surface area contributed by atoms with Crippen LogP contribution < -0.4 is 5.32 Å². The van der Waals surface area contributed by atoms with Crippen molar-refractivity contribution in [2.45, 2.75) is 32.6 Å². The zero-order chi connectivity index (χ0) is 16.7. The van der Waals surface area contributed by atoms with Gasteiger partial charge < -0.3 is 15.0 Å². The Balaban J connectivity index is 1.73. The molecule has 0 unspecified atom stereocenters. The van der Waals surface area contributed by atoms with Gasteiger partial charge in [-0.3, -0.25) is 14.4 Å². The highest BCUT2D eigenvalue weighted by molar-refractivity contribution is 5.93. The van der Waals surface area contributed by atoms with Crippen LogP contribution in [0.1, 0.15) is 31.2 Å². The summed E-state index contributed by atoms with van der Waals surface area (Å²) >= 11 is 0. The van der Waals surface area contributed by atoms with Crippen LogP contribution in [0.4, 0.5) is 5.69 Å². The van der Waals surface area contributed by atoms with Crippen molar-refractivity contribution in [3.63, 3.8) is 0 Å². The highest BCUT2D eigenvalue weighted by Crippen LogP contribution is 2.11. The fraction of sp³-hybridized carbons (Fsp3) is 0.471. The summed E-state index contributed by atoms with van der Waals surface area (Å²) < 4.78 is 4.95. The molecule has 1 aromatic rings. The molecule has 1 fully saturated rings. The SMILES string of the molecule is Cc1ccc(NC(=O)COC(=O)CN2CCCCCC2=O)cc1. The van der Waals surface area contributed by atoms with Gasteiger partial charge in [0.15, 0.2) is 6.61 Å². The maximum Gasteiger partial charge on any atom is 0.326 e. The van der Waals surface area contributed by atoms with Crippen LogP contribution in [0.2, 0.25) is 0 Å². The summed E-state index contributed by atoms with van der Waals surface area (Å²) in [6, 6.07) is 7.33. The molecule has 2 rings (SSSR count). The second-order valence-electron chi connectivity index (χ2n) is 5.70. The molecule has 0 atom stereocenters. The first-order valence-corrected chi connectivity index (χ1v) is 7.84. The number of ether oxygens (including phenoxy) is 1. The molecule has 1 heterocycles. The Kier molecular flexibility index (Phi) is 6.14. The predicted molar refractivity (Wildman–Crippen MR) is 85.8 cm³/mol. The zero-order valence-corrected chi connectivity index (χ0v) is 13.3. The number of aryl methyl sites for hydroxylation is 1. The molecule has 1 aromatic carbocycles. The predicted octanol–water partition coefficient (Wildman–Crippen LogP) is 1.88. The van der Waals surface area contributed by atoms with E-state index in [4.69, 9.17) is 4.74 Å². The number of likely N-dealkylation sites (tertiary alicyclic amines) is 1. The number of nitrogens with one attached hydrogen (secondary N) is 1. The van der Waals surface area contributed by atoms with Gasteiger partial charge in [-0.25, -0.2) is 0 Å². The number of carbonyl (C=O) groups excluding carboxylic acids is 3. The third-order valence-electron chi connectivity index (χ3n) is 3.69. The molecule has 0 spiro atoms. The fourth-order valence-corrected chi connectivity index (χ4v) is 2.39. The molecule has 23 heavy (non-hydrogen) atoms. The number of hydrogen-bond acceptors (Lipinski definition) is 4. The number of esters is 1. The Morgan fingerprint density at radius 1 is 1.17 bits per heavy atom. The zero-order valence-electron chi connectivity index (χ0n) is 13.3. The lowest BCUT2D eigenvalue weighted by Gasteiger charge is -2.19. The van der Waals surface area contributed by atoms with Crippen LogP contribution in [0.15, 0.2) is 24.3 Å². The highest BCUT2D eigenvalue weighted by Gasteiger charge is 2.20. The van der Waals surface area contributed by atoms with E-state index in [1.165, 1.54) is 4.90 Å². The lowest BCUT2D eigenvalue weighted by atomic mass is 10.2. The lowest BCUT2D eigenvalue weighted by molar-refractivity contribution is -0.151. The molecule has 2 amide bonds. The monoisotopic (exact) mass is 318 g/mol. The number of anilines is 1. The maximum absolute atomic E-state index is 11.8. The Bertz CT molecular complexity index is 568. The summed E-state index contributed by atoms with van der Waals surface area (Å²) in [7, 11) is 0. The number of hydrogen-bond donors (Lipinski definition) is 1. The van der Waals surface area contributed by atoms with Gasteiger partial charge in [0.2, 0.25) is 5.91 Å². The van der Waals surface area contributed by atoms with Gasteiger partial charge in [-0.2, -0.15) is 0 Å². The molecule has 0 radical (unpaired) electrons. The summed E-state index contributed by atoms with van der Waals surface area (Å²) in [6.45, 7) is 2.09. The normalized spacial score (nSPS) is 15.0. The van der Waals surface area contributed by atoms with Crippen molar-refractivity contribution in [3.05, 3.63) is 29.8 Å². The second kappa shape index (κ2) is 8.31. The van der Waals surface area contributed by atoms with E-state index in [9.17, 15) is 14.4 Å². The van der Waals surface area contributed by atoms with Gasteiger partial charge in [-0.15, -0.1) is 0 Å². The Morgan fingerprint density at radius 2 is 1.91 bits per heavy atom. The molecular weight excluding hydrogens is 296 g/mol. The first-order chi connectivity index (χ1) is 11.0. The van der Waals surface area contributed by atoms with Gasteiger partial charge in [0.25, 0.3) is 5.91 Å². The van der Waals surface area contributed by atoms with E-state index >= 15 is 0 Å².